The molecule has 0 aromatic heterocycles. The quantitative estimate of drug-likeness (QED) is 0.810. The van der Waals surface area contributed by atoms with E-state index in [1.807, 2.05) is 30.3 Å². The molecule has 2 amide bonds. The molecule has 1 saturated carbocycles. The average molecular weight is 316 g/mol. The van der Waals surface area contributed by atoms with Gasteiger partial charge >= 0.3 is 0 Å². The average Bonchev–Trinajstić information content (AvgIpc) is 2.58. The maximum absolute atomic E-state index is 12.5. The maximum Gasteiger partial charge on any atom is 0.244 e. The van der Waals surface area contributed by atoms with Crippen LogP contribution in [-0.4, -0.2) is 11.8 Å². The lowest BCUT2D eigenvalue weighted by Gasteiger charge is -2.28. The number of hydrogen-bond acceptors (Lipinski definition) is 2. The van der Waals surface area contributed by atoms with Gasteiger partial charge in [-0.1, -0.05) is 56.5 Å². The smallest absolute Gasteiger partial charge is 0.244 e. The van der Waals surface area contributed by atoms with E-state index in [1.165, 1.54) is 19.3 Å². The molecule has 1 aromatic carbocycles. The predicted octanol–water partition coefficient (Wildman–Crippen LogP) is 3.33. The molecule has 0 spiro atoms. The molecule has 4 nitrogen and oxygen atoms in total. The van der Waals surface area contributed by atoms with Gasteiger partial charge in [0.25, 0.3) is 0 Å². The Labute approximate surface area is 138 Å². The van der Waals surface area contributed by atoms with E-state index in [0.717, 1.165) is 37.2 Å². The van der Waals surface area contributed by atoms with Crippen LogP contribution >= 0.6 is 0 Å². The summed E-state index contributed by atoms with van der Waals surface area (Å²) in [7, 11) is 0. The molecular formula is C19H28N2O2. The van der Waals surface area contributed by atoms with Crippen molar-refractivity contribution in [3.05, 3.63) is 35.9 Å². The third-order valence-corrected chi connectivity index (χ3v) is 4.89. The van der Waals surface area contributed by atoms with Crippen LogP contribution in [0.4, 0.5) is 0 Å². The fourth-order valence-electron chi connectivity index (χ4n) is 3.43. The Morgan fingerprint density at radius 2 is 1.83 bits per heavy atom. The summed E-state index contributed by atoms with van der Waals surface area (Å²) in [5, 5.41) is 2.85. The van der Waals surface area contributed by atoms with Crippen LogP contribution in [0, 0.1) is 11.8 Å². The molecule has 0 radical (unpaired) electrons. The van der Waals surface area contributed by atoms with Crippen molar-refractivity contribution in [2.45, 2.75) is 57.9 Å². The van der Waals surface area contributed by atoms with Gasteiger partial charge < -0.3 is 11.1 Å². The Hall–Kier alpha value is -1.84. The molecule has 4 heteroatoms. The minimum atomic E-state index is -0.735. The van der Waals surface area contributed by atoms with Gasteiger partial charge in [0.1, 0.15) is 6.04 Å². The zero-order chi connectivity index (χ0) is 16.7. The zero-order valence-electron chi connectivity index (χ0n) is 14.0. The van der Waals surface area contributed by atoms with Crippen molar-refractivity contribution in [2.24, 2.45) is 17.6 Å². The first-order valence-electron chi connectivity index (χ1n) is 8.76. The molecule has 0 heterocycles. The highest BCUT2D eigenvalue weighted by atomic mass is 16.2. The predicted molar refractivity (Wildman–Crippen MR) is 91.5 cm³/mol. The van der Waals surface area contributed by atoms with Gasteiger partial charge in [-0.25, -0.2) is 0 Å². The van der Waals surface area contributed by atoms with Crippen molar-refractivity contribution in [3.8, 4) is 0 Å². The number of benzene rings is 1. The van der Waals surface area contributed by atoms with E-state index in [-0.39, 0.29) is 11.8 Å². The fraction of sp³-hybridized carbons (Fsp3) is 0.579. The number of nitrogens with two attached hydrogens (primary N) is 1. The highest BCUT2D eigenvalue weighted by molar-refractivity contribution is 5.88. The first kappa shape index (κ1) is 17.5. The summed E-state index contributed by atoms with van der Waals surface area (Å²) >= 11 is 0. The molecule has 1 unspecified atom stereocenters. The molecule has 1 aromatic rings. The highest BCUT2D eigenvalue weighted by Gasteiger charge is 2.29. The van der Waals surface area contributed by atoms with Crippen LogP contribution in [-0.2, 0) is 9.59 Å². The van der Waals surface area contributed by atoms with E-state index in [4.69, 9.17) is 5.73 Å². The molecule has 1 aliphatic rings. The van der Waals surface area contributed by atoms with Gasteiger partial charge in [0.15, 0.2) is 0 Å². The molecule has 0 bridgehead atoms. The monoisotopic (exact) mass is 316 g/mol. The molecule has 1 aliphatic carbocycles. The lowest BCUT2D eigenvalue weighted by Crippen LogP contribution is -2.41. The Morgan fingerprint density at radius 1 is 1.17 bits per heavy atom. The molecule has 1 atom stereocenters. The number of carbonyl (C=O) groups excluding carboxylic acids is 2. The molecule has 23 heavy (non-hydrogen) atoms. The van der Waals surface area contributed by atoms with Crippen LogP contribution in [0.2, 0.25) is 0 Å². The summed E-state index contributed by atoms with van der Waals surface area (Å²) in [5.74, 6) is 0.228. The van der Waals surface area contributed by atoms with Gasteiger partial charge in [0, 0.05) is 5.92 Å². The first-order chi connectivity index (χ1) is 11.1. The Kier molecular flexibility index (Phi) is 6.63. The molecule has 1 fully saturated rings. The van der Waals surface area contributed by atoms with Crippen molar-refractivity contribution in [3.63, 3.8) is 0 Å². The minimum Gasteiger partial charge on any atom is -0.368 e. The lowest BCUT2D eigenvalue weighted by molar-refractivity contribution is -0.131. The van der Waals surface area contributed by atoms with Crippen LogP contribution in [0.5, 0.6) is 0 Å². The normalized spacial score (nSPS) is 22.3. The van der Waals surface area contributed by atoms with E-state index < -0.39 is 11.9 Å². The van der Waals surface area contributed by atoms with E-state index in [2.05, 4.69) is 12.2 Å². The number of unbranched alkanes of at least 4 members (excludes halogenated alkanes) is 1. The van der Waals surface area contributed by atoms with Crippen LogP contribution in [0.1, 0.15) is 63.5 Å². The zero-order valence-corrected chi connectivity index (χ0v) is 14.0. The van der Waals surface area contributed by atoms with Crippen molar-refractivity contribution in [1.82, 2.24) is 5.32 Å². The lowest BCUT2D eigenvalue weighted by atomic mass is 9.79. The molecule has 126 valence electrons. The second-order valence-electron chi connectivity index (χ2n) is 6.61. The molecule has 0 saturated heterocycles. The summed E-state index contributed by atoms with van der Waals surface area (Å²) in [5.41, 5.74) is 6.21. The van der Waals surface area contributed by atoms with Gasteiger partial charge in [-0.3, -0.25) is 9.59 Å². The highest BCUT2D eigenvalue weighted by Crippen LogP contribution is 2.32. The Morgan fingerprint density at radius 3 is 2.39 bits per heavy atom. The molecule has 3 N–H and O–H groups in total. The number of hydrogen-bond donors (Lipinski definition) is 2. The summed E-state index contributed by atoms with van der Waals surface area (Å²) < 4.78 is 0. The number of carbonyl (C=O) groups is 2. The summed E-state index contributed by atoms with van der Waals surface area (Å²) in [6.07, 6.45) is 7.85. The van der Waals surface area contributed by atoms with Crippen LogP contribution < -0.4 is 11.1 Å². The minimum absolute atomic E-state index is 0.0124. The molecule has 2 rings (SSSR count). The second-order valence-corrected chi connectivity index (χ2v) is 6.61. The number of amides is 2. The van der Waals surface area contributed by atoms with Gasteiger partial charge in [-0.15, -0.1) is 0 Å². The second kappa shape index (κ2) is 8.70. The third kappa shape index (κ3) is 5.08. The van der Waals surface area contributed by atoms with Crippen molar-refractivity contribution in [2.75, 3.05) is 0 Å². The summed E-state index contributed by atoms with van der Waals surface area (Å²) in [6.45, 7) is 2.21. The summed E-state index contributed by atoms with van der Waals surface area (Å²) in [6, 6.07) is 8.46. The van der Waals surface area contributed by atoms with Crippen LogP contribution in [0.25, 0.3) is 0 Å². The summed E-state index contributed by atoms with van der Waals surface area (Å²) in [4.78, 5) is 24.2. The topological polar surface area (TPSA) is 72.2 Å². The number of primary amides is 1. The largest absolute Gasteiger partial charge is 0.368 e. The SMILES string of the molecule is CCCCC1CCC(C(=O)NC(C(N)=O)c2ccccc2)CC1. The van der Waals surface area contributed by atoms with E-state index in [9.17, 15) is 9.59 Å². The molecule has 0 aliphatic heterocycles. The van der Waals surface area contributed by atoms with E-state index >= 15 is 0 Å². The Bertz CT molecular complexity index is 507. The van der Waals surface area contributed by atoms with Crippen LogP contribution in [0.3, 0.4) is 0 Å². The van der Waals surface area contributed by atoms with Crippen molar-refractivity contribution < 1.29 is 9.59 Å². The number of rotatable bonds is 7. The number of nitrogens with one attached hydrogen (secondary N) is 1. The van der Waals surface area contributed by atoms with E-state index in [0.29, 0.717) is 0 Å². The van der Waals surface area contributed by atoms with Crippen LogP contribution in [0.15, 0.2) is 30.3 Å². The van der Waals surface area contributed by atoms with Crippen molar-refractivity contribution >= 4 is 11.8 Å². The fourth-order valence-corrected chi connectivity index (χ4v) is 3.43. The molecular weight excluding hydrogens is 288 g/mol. The Balaban J connectivity index is 1.89. The first-order valence-corrected chi connectivity index (χ1v) is 8.76. The van der Waals surface area contributed by atoms with Gasteiger partial charge in [0.05, 0.1) is 0 Å². The van der Waals surface area contributed by atoms with Gasteiger partial charge in [-0.05, 0) is 37.2 Å². The third-order valence-electron chi connectivity index (χ3n) is 4.89. The maximum atomic E-state index is 12.5. The van der Waals surface area contributed by atoms with Crippen molar-refractivity contribution in [1.29, 1.82) is 0 Å². The van der Waals surface area contributed by atoms with Gasteiger partial charge in [-0.2, -0.15) is 0 Å². The standard InChI is InChI=1S/C19H28N2O2/c1-2-3-7-14-10-12-16(13-11-14)19(23)21-17(18(20)22)15-8-5-4-6-9-15/h4-6,8-9,14,16-17H,2-3,7,10-13H2,1H3,(H2,20,22)(H,21,23). The van der Waals surface area contributed by atoms with Gasteiger partial charge in [0.2, 0.25) is 11.8 Å². The van der Waals surface area contributed by atoms with E-state index in [1.54, 1.807) is 0 Å².